The van der Waals surface area contributed by atoms with Crippen molar-refractivity contribution in [2.24, 2.45) is 0 Å². The Morgan fingerprint density at radius 1 is 1.31 bits per heavy atom. The van der Waals surface area contributed by atoms with Crippen LogP contribution in [-0.2, 0) is 10.8 Å². The molecule has 0 saturated carbocycles. The average Bonchev–Trinajstić information content (AvgIpc) is 2.12. The largest absolute Gasteiger partial charge is 0.315 e. The predicted octanol–water partition coefficient (Wildman–Crippen LogP) is 1.92. The lowest BCUT2D eigenvalue weighted by Gasteiger charge is -2.11. The molecule has 0 heterocycles. The quantitative estimate of drug-likeness (QED) is 0.656. The minimum absolute atomic E-state index is 0.510. The average molecular weight is 205 g/mol. The molecule has 0 saturated heterocycles. The van der Waals surface area contributed by atoms with E-state index in [0.29, 0.717) is 6.04 Å². The van der Waals surface area contributed by atoms with Crippen LogP contribution < -0.4 is 5.32 Å². The molecule has 0 bridgehead atoms. The van der Waals surface area contributed by atoms with Gasteiger partial charge in [-0.1, -0.05) is 20.3 Å². The summed E-state index contributed by atoms with van der Waals surface area (Å²) in [6.45, 7) is 7.40. The Kier molecular flexibility index (Phi) is 8.77. The minimum atomic E-state index is -0.584. The van der Waals surface area contributed by atoms with E-state index in [9.17, 15) is 4.21 Å². The van der Waals surface area contributed by atoms with Crippen molar-refractivity contribution >= 4 is 10.8 Å². The number of rotatable bonds is 8. The maximum absolute atomic E-state index is 11.4. The van der Waals surface area contributed by atoms with Crippen molar-refractivity contribution in [2.45, 2.75) is 46.1 Å². The molecule has 0 spiro atoms. The third-order valence-corrected chi connectivity index (χ3v) is 3.49. The van der Waals surface area contributed by atoms with Gasteiger partial charge in [-0.05, 0) is 26.3 Å². The fourth-order valence-corrected chi connectivity index (χ4v) is 2.60. The topological polar surface area (TPSA) is 29.1 Å². The smallest absolute Gasteiger partial charge is 0.0249 e. The highest BCUT2D eigenvalue weighted by atomic mass is 32.2. The van der Waals surface area contributed by atoms with Gasteiger partial charge >= 0.3 is 0 Å². The molecule has 2 nitrogen and oxygen atoms in total. The van der Waals surface area contributed by atoms with Crippen LogP contribution in [0.1, 0.15) is 40.0 Å². The molecule has 2 atom stereocenters. The first-order chi connectivity index (χ1) is 6.20. The van der Waals surface area contributed by atoms with E-state index in [1.165, 1.54) is 0 Å². The second-order valence-corrected chi connectivity index (χ2v) is 5.15. The predicted molar refractivity (Wildman–Crippen MR) is 60.5 cm³/mol. The Morgan fingerprint density at radius 2 is 2.00 bits per heavy atom. The molecule has 0 aromatic rings. The summed E-state index contributed by atoms with van der Waals surface area (Å²) in [6.07, 6.45) is 3.28. The lowest BCUT2D eigenvalue weighted by molar-refractivity contribution is 0.552. The maximum atomic E-state index is 11.4. The van der Waals surface area contributed by atoms with Gasteiger partial charge in [0.25, 0.3) is 0 Å². The van der Waals surface area contributed by atoms with E-state index in [1.54, 1.807) is 0 Å². The molecule has 1 N–H and O–H groups in total. The van der Waals surface area contributed by atoms with Gasteiger partial charge in [-0.15, -0.1) is 0 Å². The molecule has 13 heavy (non-hydrogen) atoms. The van der Waals surface area contributed by atoms with Crippen LogP contribution in [0.4, 0.5) is 0 Å². The van der Waals surface area contributed by atoms with Crippen LogP contribution in [0.5, 0.6) is 0 Å². The molecule has 0 fully saturated rings. The highest BCUT2D eigenvalue weighted by Crippen LogP contribution is 1.97. The summed E-state index contributed by atoms with van der Waals surface area (Å²) < 4.78 is 11.4. The maximum Gasteiger partial charge on any atom is 0.0249 e. The summed E-state index contributed by atoms with van der Waals surface area (Å²) in [5.41, 5.74) is 0. The van der Waals surface area contributed by atoms with E-state index in [-0.39, 0.29) is 0 Å². The second kappa shape index (κ2) is 8.70. The van der Waals surface area contributed by atoms with Crippen LogP contribution in [-0.4, -0.2) is 28.3 Å². The first-order valence-electron chi connectivity index (χ1n) is 5.29. The zero-order valence-corrected chi connectivity index (χ0v) is 9.95. The van der Waals surface area contributed by atoms with Crippen LogP contribution in [0.2, 0.25) is 0 Å². The summed E-state index contributed by atoms with van der Waals surface area (Å²) >= 11 is 0. The molecule has 0 amide bonds. The molecule has 0 aliphatic rings. The molecule has 2 unspecified atom stereocenters. The molecule has 0 aliphatic carbocycles. The van der Waals surface area contributed by atoms with Gasteiger partial charge < -0.3 is 5.32 Å². The minimum Gasteiger partial charge on any atom is -0.315 e. The van der Waals surface area contributed by atoms with E-state index < -0.39 is 10.8 Å². The number of hydrogen-bond donors (Lipinski definition) is 1. The highest BCUT2D eigenvalue weighted by molar-refractivity contribution is 7.84. The lowest BCUT2D eigenvalue weighted by atomic mass is 10.3. The fourth-order valence-electron chi connectivity index (χ4n) is 1.17. The van der Waals surface area contributed by atoms with Crippen LogP contribution >= 0.6 is 0 Å². The van der Waals surface area contributed by atoms with Gasteiger partial charge in [0.2, 0.25) is 0 Å². The highest BCUT2D eigenvalue weighted by Gasteiger charge is 2.03. The Morgan fingerprint density at radius 3 is 2.54 bits per heavy atom. The van der Waals surface area contributed by atoms with Crippen LogP contribution in [0.15, 0.2) is 0 Å². The van der Waals surface area contributed by atoms with Gasteiger partial charge in [0, 0.05) is 28.3 Å². The molecular formula is C10H23NOS. The van der Waals surface area contributed by atoms with Crippen LogP contribution in [0, 0.1) is 0 Å². The van der Waals surface area contributed by atoms with Crippen LogP contribution in [0.25, 0.3) is 0 Å². The first-order valence-corrected chi connectivity index (χ1v) is 6.77. The first kappa shape index (κ1) is 13.1. The Hall–Kier alpha value is 0.110. The van der Waals surface area contributed by atoms with Crippen molar-refractivity contribution in [3.8, 4) is 0 Å². The number of nitrogens with one attached hydrogen (secondary N) is 1. The number of unbranched alkanes of at least 4 members (excludes halogenated alkanes) is 1. The Balaban J connectivity index is 3.34. The molecule has 80 valence electrons. The van der Waals surface area contributed by atoms with E-state index >= 15 is 0 Å². The van der Waals surface area contributed by atoms with Crippen molar-refractivity contribution in [1.82, 2.24) is 5.32 Å². The molecular weight excluding hydrogens is 182 g/mol. The Bertz CT molecular complexity index is 139. The number of hydrogen-bond acceptors (Lipinski definition) is 2. The van der Waals surface area contributed by atoms with E-state index in [1.807, 2.05) is 0 Å². The summed E-state index contributed by atoms with van der Waals surface area (Å²) in [5, 5.41) is 3.32. The van der Waals surface area contributed by atoms with Gasteiger partial charge in [-0.3, -0.25) is 4.21 Å². The van der Waals surface area contributed by atoms with E-state index in [0.717, 1.165) is 37.3 Å². The summed E-state index contributed by atoms with van der Waals surface area (Å²) in [4.78, 5) is 0. The molecule has 0 aromatic heterocycles. The third kappa shape index (κ3) is 8.44. The second-order valence-electron chi connectivity index (χ2n) is 3.45. The van der Waals surface area contributed by atoms with Crippen molar-refractivity contribution in [3.63, 3.8) is 0 Å². The van der Waals surface area contributed by atoms with Crippen LogP contribution in [0.3, 0.4) is 0 Å². The SMILES string of the molecule is CCCCS(=O)CCC(C)NCC. The zero-order valence-electron chi connectivity index (χ0n) is 9.14. The standard InChI is InChI=1S/C10H23NOS/c1-4-6-8-13(12)9-7-10(3)11-5-2/h10-11H,4-9H2,1-3H3. The van der Waals surface area contributed by atoms with Crippen molar-refractivity contribution < 1.29 is 4.21 Å². The van der Waals surface area contributed by atoms with Gasteiger partial charge in [-0.25, -0.2) is 0 Å². The lowest BCUT2D eigenvalue weighted by Crippen LogP contribution is -2.27. The molecule has 3 heteroatoms. The third-order valence-electron chi connectivity index (χ3n) is 2.06. The molecule has 0 radical (unpaired) electrons. The molecule has 0 aliphatic heterocycles. The van der Waals surface area contributed by atoms with Gasteiger partial charge in [0.15, 0.2) is 0 Å². The van der Waals surface area contributed by atoms with Gasteiger partial charge in [0.1, 0.15) is 0 Å². The van der Waals surface area contributed by atoms with Gasteiger partial charge in [-0.2, -0.15) is 0 Å². The van der Waals surface area contributed by atoms with Gasteiger partial charge in [0.05, 0.1) is 0 Å². The van der Waals surface area contributed by atoms with Crippen molar-refractivity contribution in [2.75, 3.05) is 18.1 Å². The van der Waals surface area contributed by atoms with E-state index in [2.05, 4.69) is 26.1 Å². The van der Waals surface area contributed by atoms with Crippen molar-refractivity contribution in [3.05, 3.63) is 0 Å². The zero-order chi connectivity index (χ0) is 10.1. The summed E-state index contributed by atoms with van der Waals surface area (Å²) in [5.74, 6) is 1.74. The monoisotopic (exact) mass is 205 g/mol. The van der Waals surface area contributed by atoms with Crippen molar-refractivity contribution in [1.29, 1.82) is 0 Å². The molecule has 0 aromatic carbocycles. The fraction of sp³-hybridized carbons (Fsp3) is 1.00. The normalized spacial score (nSPS) is 15.6. The Labute approximate surface area is 84.9 Å². The summed E-state index contributed by atoms with van der Waals surface area (Å²) in [6, 6.07) is 0.510. The summed E-state index contributed by atoms with van der Waals surface area (Å²) in [7, 11) is -0.584. The molecule has 0 rings (SSSR count). The van der Waals surface area contributed by atoms with E-state index in [4.69, 9.17) is 0 Å².